The number of nitrogens with one attached hydrogen (secondary N) is 3. The van der Waals surface area contributed by atoms with Crippen LogP contribution in [0.1, 0.15) is 42.4 Å². The number of carbonyl (C=O) groups is 1. The fourth-order valence-corrected chi connectivity index (χ4v) is 5.47. The second-order valence-electron chi connectivity index (χ2n) is 9.45. The Bertz CT molecular complexity index is 892. The van der Waals surface area contributed by atoms with Crippen LogP contribution < -0.4 is 16.0 Å². The molecule has 4 atom stereocenters. The predicted molar refractivity (Wildman–Crippen MR) is 122 cm³/mol. The van der Waals surface area contributed by atoms with E-state index in [2.05, 4.69) is 71.4 Å². The van der Waals surface area contributed by atoms with Gasteiger partial charge < -0.3 is 16.0 Å². The lowest BCUT2D eigenvalue weighted by Gasteiger charge is -2.39. The summed E-state index contributed by atoms with van der Waals surface area (Å²) in [5.74, 6) is 1.35. The van der Waals surface area contributed by atoms with Gasteiger partial charge >= 0.3 is 0 Å². The molecule has 4 heteroatoms. The molecule has 2 heterocycles. The van der Waals surface area contributed by atoms with Crippen LogP contribution in [-0.4, -0.2) is 30.6 Å². The Morgan fingerprint density at radius 2 is 1.93 bits per heavy atom. The molecule has 1 aliphatic carbocycles. The maximum absolute atomic E-state index is 13.3. The van der Waals surface area contributed by atoms with Crippen LogP contribution in [0.4, 0.5) is 5.69 Å². The molecule has 30 heavy (non-hydrogen) atoms. The zero-order valence-corrected chi connectivity index (χ0v) is 17.9. The van der Waals surface area contributed by atoms with Gasteiger partial charge in [-0.25, -0.2) is 0 Å². The van der Waals surface area contributed by atoms with Crippen LogP contribution in [0.5, 0.6) is 0 Å². The lowest BCUT2D eigenvalue weighted by Crippen LogP contribution is -2.59. The second-order valence-corrected chi connectivity index (χ2v) is 9.45. The summed E-state index contributed by atoms with van der Waals surface area (Å²) in [7, 11) is 0. The van der Waals surface area contributed by atoms with E-state index in [0.29, 0.717) is 17.9 Å². The van der Waals surface area contributed by atoms with Gasteiger partial charge in [0.05, 0.1) is 0 Å². The minimum Gasteiger partial charge on any atom is -0.373 e. The number of anilines is 1. The van der Waals surface area contributed by atoms with Crippen LogP contribution in [0, 0.1) is 18.8 Å². The summed E-state index contributed by atoms with van der Waals surface area (Å²) in [4.78, 5) is 13.3. The monoisotopic (exact) mass is 403 g/mol. The summed E-state index contributed by atoms with van der Waals surface area (Å²) in [6, 6.07) is 17.6. The lowest BCUT2D eigenvalue weighted by molar-refractivity contribution is -0.123. The summed E-state index contributed by atoms with van der Waals surface area (Å²) < 4.78 is 0. The molecule has 2 aromatic carbocycles. The van der Waals surface area contributed by atoms with E-state index in [-0.39, 0.29) is 18.0 Å². The highest BCUT2D eigenvalue weighted by Gasteiger charge is 2.42. The largest absolute Gasteiger partial charge is 0.373 e. The molecule has 2 fully saturated rings. The molecule has 5 rings (SSSR count). The van der Waals surface area contributed by atoms with E-state index in [1.54, 1.807) is 0 Å². The number of amides is 1. The molecule has 1 saturated carbocycles. The quantitative estimate of drug-likeness (QED) is 0.687. The molecule has 2 aromatic rings. The van der Waals surface area contributed by atoms with E-state index in [0.717, 1.165) is 25.1 Å². The number of carbonyl (C=O) groups excluding carboxylic acids is 1. The molecule has 4 nitrogen and oxygen atoms in total. The van der Waals surface area contributed by atoms with Crippen LogP contribution in [0.2, 0.25) is 0 Å². The SMILES string of the molecule is Cc1cccc2c1NC(C(=O)NC(C1CC1)C1NCCCC1Cc1ccccc1)C2. The van der Waals surface area contributed by atoms with Crippen molar-refractivity contribution in [2.45, 2.75) is 63.6 Å². The van der Waals surface area contributed by atoms with Crippen LogP contribution in [0.3, 0.4) is 0 Å². The van der Waals surface area contributed by atoms with E-state index < -0.39 is 0 Å². The molecule has 2 aliphatic heterocycles. The number of rotatable bonds is 6. The van der Waals surface area contributed by atoms with Crippen LogP contribution in [-0.2, 0) is 17.6 Å². The molecule has 3 aliphatic rings. The summed E-state index contributed by atoms with van der Waals surface area (Å²) in [6.07, 6.45) is 6.79. The summed E-state index contributed by atoms with van der Waals surface area (Å²) >= 11 is 0. The number of aryl methyl sites for hydroxylation is 1. The Kier molecular flexibility index (Phi) is 5.51. The van der Waals surface area contributed by atoms with E-state index >= 15 is 0 Å². The zero-order valence-electron chi connectivity index (χ0n) is 17.9. The first-order chi connectivity index (χ1) is 14.7. The third kappa shape index (κ3) is 4.11. The van der Waals surface area contributed by atoms with Gasteiger partial charge in [-0.1, -0.05) is 48.5 Å². The summed E-state index contributed by atoms with van der Waals surface area (Å²) in [5.41, 5.74) is 5.04. The van der Waals surface area contributed by atoms with Gasteiger partial charge in [0, 0.05) is 24.2 Å². The maximum Gasteiger partial charge on any atom is 0.243 e. The normalized spacial score (nSPS) is 26.5. The number of piperidine rings is 1. The molecule has 1 saturated heterocycles. The average Bonchev–Trinajstić information content (AvgIpc) is 3.51. The fourth-order valence-electron chi connectivity index (χ4n) is 5.47. The Hall–Kier alpha value is -2.33. The first-order valence-electron chi connectivity index (χ1n) is 11.6. The van der Waals surface area contributed by atoms with Gasteiger partial charge in [-0.15, -0.1) is 0 Å². The summed E-state index contributed by atoms with van der Waals surface area (Å²) in [5, 5.41) is 10.8. The Balaban J connectivity index is 1.29. The minimum absolute atomic E-state index is 0.154. The van der Waals surface area contributed by atoms with Gasteiger partial charge in [0.25, 0.3) is 0 Å². The molecule has 3 N–H and O–H groups in total. The van der Waals surface area contributed by atoms with Crippen molar-refractivity contribution in [3.63, 3.8) is 0 Å². The Morgan fingerprint density at radius 1 is 1.10 bits per heavy atom. The molecule has 1 amide bonds. The second kappa shape index (κ2) is 8.43. The third-order valence-electron chi connectivity index (χ3n) is 7.22. The predicted octanol–water partition coefficient (Wildman–Crippen LogP) is 3.84. The molecular weight excluding hydrogens is 370 g/mol. The molecule has 158 valence electrons. The van der Waals surface area contributed by atoms with Gasteiger partial charge in [0.2, 0.25) is 5.91 Å². The van der Waals surface area contributed by atoms with Crippen molar-refractivity contribution in [3.8, 4) is 0 Å². The average molecular weight is 404 g/mol. The van der Waals surface area contributed by atoms with Crippen molar-refractivity contribution in [1.82, 2.24) is 10.6 Å². The molecular formula is C26H33N3O. The first kappa shape index (κ1) is 19.6. The van der Waals surface area contributed by atoms with Gasteiger partial charge in [-0.3, -0.25) is 4.79 Å². The number of hydrogen-bond acceptors (Lipinski definition) is 3. The van der Waals surface area contributed by atoms with Gasteiger partial charge in [0.1, 0.15) is 6.04 Å². The number of fused-ring (bicyclic) bond motifs is 1. The molecule has 0 spiro atoms. The van der Waals surface area contributed by atoms with E-state index in [1.165, 1.54) is 42.4 Å². The molecule has 0 bridgehead atoms. The topological polar surface area (TPSA) is 53.2 Å². The van der Waals surface area contributed by atoms with Crippen molar-refractivity contribution >= 4 is 11.6 Å². The van der Waals surface area contributed by atoms with Crippen molar-refractivity contribution in [3.05, 3.63) is 65.2 Å². The van der Waals surface area contributed by atoms with E-state index in [4.69, 9.17) is 0 Å². The highest BCUT2D eigenvalue weighted by molar-refractivity contribution is 5.88. The Labute approximate surface area is 179 Å². The zero-order chi connectivity index (χ0) is 20.5. The van der Waals surface area contributed by atoms with Gasteiger partial charge in [-0.2, -0.15) is 0 Å². The number of benzene rings is 2. The van der Waals surface area contributed by atoms with E-state index in [1.807, 2.05) is 0 Å². The Morgan fingerprint density at radius 3 is 2.70 bits per heavy atom. The standard InChI is InChI=1S/C26H33N3O/c1-17-7-5-10-21-16-22(28-23(17)21)26(30)29-25(19-12-13-19)24-20(11-6-14-27-24)15-18-8-3-2-4-9-18/h2-5,7-10,19-20,22,24-25,27-28H,6,11-16H2,1H3,(H,29,30). The maximum atomic E-state index is 13.3. The third-order valence-corrected chi connectivity index (χ3v) is 7.22. The van der Waals surface area contributed by atoms with Gasteiger partial charge in [-0.05, 0) is 74.1 Å². The minimum atomic E-state index is -0.154. The highest BCUT2D eigenvalue weighted by atomic mass is 16.2. The lowest BCUT2D eigenvalue weighted by atomic mass is 9.80. The van der Waals surface area contributed by atoms with Crippen LogP contribution >= 0.6 is 0 Å². The van der Waals surface area contributed by atoms with E-state index in [9.17, 15) is 4.79 Å². The highest BCUT2D eigenvalue weighted by Crippen LogP contribution is 2.38. The van der Waals surface area contributed by atoms with Gasteiger partial charge in [0.15, 0.2) is 0 Å². The number of para-hydroxylation sites is 1. The van der Waals surface area contributed by atoms with Crippen molar-refractivity contribution in [1.29, 1.82) is 0 Å². The van der Waals surface area contributed by atoms with Crippen LogP contribution in [0.25, 0.3) is 0 Å². The van der Waals surface area contributed by atoms with Crippen molar-refractivity contribution in [2.75, 3.05) is 11.9 Å². The molecule has 4 unspecified atom stereocenters. The number of hydrogen-bond donors (Lipinski definition) is 3. The van der Waals surface area contributed by atoms with Crippen molar-refractivity contribution in [2.24, 2.45) is 11.8 Å². The summed E-state index contributed by atoms with van der Waals surface area (Å²) in [6.45, 7) is 3.17. The smallest absolute Gasteiger partial charge is 0.243 e. The first-order valence-corrected chi connectivity index (χ1v) is 11.6. The van der Waals surface area contributed by atoms with Crippen molar-refractivity contribution < 1.29 is 4.79 Å². The molecule has 0 aromatic heterocycles. The van der Waals surface area contributed by atoms with Crippen LogP contribution in [0.15, 0.2) is 48.5 Å². The fraction of sp³-hybridized carbons (Fsp3) is 0.500. The molecule has 0 radical (unpaired) electrons.